The maximum absolute atomic E-state index is 14.3. The minimum atomic E-state index is -2.03. The number of carboxylic acids is 1. The summed E-state index contributed by atoms with van der Waals surface area (Å²) in [5.74, 6) is -3.57. The number of nitrogens with zero attached hydrogens (tertiary/aromatic N) is 4. The zero-order chi connectivity index (χ0) is 35.7. The van der Waals surface area contributed by atoms with E-state index in [-0.39, 0.29) is 36.8 Å². The lowest BCUT2D eigenvalue weighted by Gasteiger charge is -2.33. The van der Waals surface area contributed by atoms with Gasteiger partial charge in [0, 0.05) is 18.4 Å². The number of carbonyl (C=O) groups is 5. The molecule has 0 radical (unpaired) electrons. The number of methoxy groups -OCH3 is 1. The van der Waals surface area contributed by atoms with E-state index in [2.05, 4.69) is 15.3 Å². The summed E-state index contributed by atoms with van der Waals surface area (Å²) in [6, 6.07) is 2.38. The van der Waals surface area contributed by atoms with Crippen LogP contribution in [0.4, 0.5) is 9.59 Å². The number of carbonyl (C=O) groups excluding carboxylic acids is 3. The van der Waals surface area contributed by atoms with Crippen molar-refractivity contribution < 1.29 is 48.4 Å². The van der Waals surface area contributed by atoms with Crippen LogP contribution in [0.1, 0.15) is 65.7 Å². The molecule has 0 bridgehead atoms. The molecule has 3 N–H and O–H groups in total. The van der Waals surface area contributed by atoms with Gasteiger partial charge in [-0.25, -0.2) is 29.3 Å². The summed E-state index contributed by atoms with van der Waals surface area (Å²) in [6.45, 7) is 4.80. The van der Waals surface area contributed by atoms with Gasteiger partial charge in [0.05, 0.1) is 24.7 Å². The van der Waals surface area contributed by atoms with Crippen molar-refractivity contribution >= 4 is 52.6 Å². The number of aromatic nitrogens is 2. The quantitative estimate of drug-likeness (QED) is 0.372. The smallest absolute Gasteiger partial charge is 0.415 e. The molecule has 2 fully saturated rings. The Bertz CT molecular complexity index is 1680. The molecule has 5 rings (SSSR count). The number of halogens is 1. The van der Waals surface area contributed by atoms with Crippen molar-refractivity contribution in [2.24, 2.45) is 5.92 Å². The van der Waals surface area contributed by atoms with Gasteiger partial charge in [0.2, 0.25) is 5.91 Å². The van der Waals surface area contributed by atoms with Crippen LogP contribution in [0.2, 0.25) is 5.15 Å². The molecule has 3 heterocycles. The van der Waals surface area contributed by atoms with Crippen molar-refractivity contribution in [3.05, 3.63) is 35.5 Å². The van der Waals surface area contributed by atoms with Crippen LogP contribution in [-0.4, -0.2) is 103 Å². The van der Waals surface area contributed by atoms with Crippen LogP contribution in [0.3, 0.4) is 0 Å². The van der Waals surface area contributed by atoms with E-state index in [1.807, 2.05) is 0 Å². The average molecular weight is 702 g/mol. The zero-order valence-electron chi connectivity index (χ0n) is 27.7. The van der Waals surface area contributed by atoms with E-state index < -0.39 is 65.2 Å². The molecule has 0 unspecified atom stereocenters. The number of fused-ring (bicyclic) bond motifs is 3. The molecule has 5 atom stereocenters. The summed E-state index contributed by atoms with van der Waals surface area (Å²) in [5, 5.41) is 23.1. The fraction of sp³-hybridized carbons (Fsp3) is 0.545. The van der Waals surface area contributed by atoms with Crippen molar-refractivity contribution in [1.82, 2.24) is 25.1 Å². The Morgan fingerprint density at radius 2 is 1.82 bits per heavy atom. The molecule has 2 aromatic rings. The van der Waals surface area contributed by atoms with E-state index in [9.17, 15) is 34.2 Å². The predicted octanol–water partition coefficient (Wildman–Crippen LogP) is 4.40. The van der Waals surface area contributed by atoms with E-state index >= 15 is 0 Å². The minimum absolute atomic E-state index is 0.0890. The number of aliphatic carboxylic acids is 1. The Hall–Kier alpha value is -4.66. The van der Waals surface area contributed by atoms with Gasteiger partial charge in [-0.2, -0.15) is 0 Å². The molecular weight excluding hydrogens is 662 g/mol. The third-order valence-corrected chi connectivity index (χ3v) is 9.04. The SMILES string of the molecule is COc1ccc2nc(Cl)c(O[C@@H]3C[C@H]4C(=O)N(C(=O)O)[C@]5(C(=O)O)C[C@H]5C=CCCCCC[C@H](NC(=O)OC(C)(C)C)C(=O)N4C3)nc2c1. The number of allylic oxidation sites excluding steroid dienone is 1. The topological polar surface area (TPSA) is 198 Å². The second-order valence-corrected chi connectivity index (χ2v) is 13.8. The number of hydrogen-bond acceptors (Lipinski definition) is 10. The fourth-order valence-corrected chi connectivity index (χ4v) is 6.56. The lowest BCUT2D eigenvalue weighted by atomic mass is 10.0. The first-order valence-electron chi connectivity index (χ1n) is 16.1. The van der Waals surface area contributed by atoms with Gasteiger partial charge in [-0.3, -0.25) is 9.59 Å². The normalized spacial score (nSPS) is 26.2. The Labute approximate surface area is 287 Å². The monoisotopic (exact) mass is 701 g/mol. The van der Waals surface area contributed by atoms with Crippen LogP contribution in [0.5, 0.6) is 11.6 Å². The minimum Gasteiger partial charge on any atom is -0.497 e. The highest BCUT2D eigenvalue weighted by Gasteiger charge is 2.68. The van der Waals surface area contributed by atoms with Gasteiger partial charge in [0.1, 0.15) is 29.5 Å². The van der Waals surface area contributed by atoms with Crippen LogP contribution >= 0.6 is 11.6 Å². The number of alkyl carbamates (subject to hydrolysis) is 1. The number of imide groups is 1. The van der Waals surface area contributed by atoms with E-state index in [1.165, 1.54) is 7.11 Å². The highest BCUT2D eigenvalue weighted by Crippen LogP contribution is 2.51. The summed E-state index contributed by atoms with van der Waals surface area (Å²) in [5.41, 5.74) is -2.03. The Morgan fingerprint density at radius 3 is 2.49 bits per heavy atom. The molecular formula is C33H40ClN5O10. The summed E-state index contributed by atoms with van der Waals surface area (Å²) in [6.07, 6.45) is 2.30. The summed E-state index contributed by atoms with van der Waals surface area (Å²) < 4.78 is 16.8. The van der Waals surface area contributed by atoms with Crippen LogP contribution < -0.4 is 14.8 Å². The fourth-order valence-electron chi connectivity index (χ4n) is 6.38. The van der Waals surface area contributed by atoms with Crippen LogP contribution in [-0.2, 0) is 19.1 Å². The van der Waals surface area contributed by atoms with E-state index in [1.54, 1.807) is 51.1 Å². The second-order valence-electron chi connectivity index (χ2n) is 13.4. The van der Waals surface area contributed by atoms with Crippen molar-refractivity contribution in [2.75, 3.05) is 13.7 Å². The third kappa shape index (κ3) is 7.66. The van der Waals surface area contributed by atoms with Gasteiger partial charge < -0.3 is 34.6 Å². The number of ether oxygens (including phenoxy) is 3. The van der Waals surface area contributed by atoms with Gasteiger partial charge in [0.25, 0.3) is 11.8 Å². The summed E-state index contributed by atoms with van der Waals surface area (Å²) in [4.78, 5) is 77.0. The number of hydrogen-bond donors (Lipinski definition) is 3. The van der Waals surface area contributed by atoms with Crippen LogP contribution in [0.25, 0.3) is 11.0 Å². The van der Waals surface area contributed by atoms with E-state index in [0.29, 0.717) is 47.4 Å². The van der Waals surface area contributed by atoms with Crippen LogP contribution in [0, 0.1) is 5.92 Å². The molecule has 15 nitrogen and oxygen atoms in total. The number of carboxylic acid groups (broad SMARTS) is 2. The highest BCUT2D eigenvalue weighted by molar-refractivity contribution is 6.31. The molecule has 1 saturated carbocycles. The van der Waals surface area contributed by atoms with Gasteiger partial charge in [0.15, 0.2) is 10.7 Å². The lowest BCUT2D eigenvalue weighted by Crippen LogP contribution is -2.59. The Balaban J connectivity index is 1.52. The summed E-state index contributed by atoms with van der Waals surface area (Å²) in [7, 11) is 1.50. The Morgan fingerprint density at radius 1 is 1.06 bits per heavy atom. The van der Waals surface area contributed by atoms with Crippen molar-refractivity contribution in [3.8, 4) is 11.6 Å². The first-order valence-corrected chi connectivity index (χ1v) is 16.5. The Kier molecular flexibility index (Phi) is 10.2. The first kappa shape index (κ1) is 35.6. The van der Waals surface area contributed by atoms with Gasteiger partial charge in [-0.05, 0) is 58.6 Å². The van der Waals surface area contributed by atoms with Crippen LogP contribution in [0.15, 0.2) is 30.4 Å². The number of nitrogens with one attached hydrogen (secondary N) is 1. The van der Waals surface area contributed by atoms with Gasteiger partial charge in [-0.1, -0.05) is 36.6 Å². The maximum Gasteiger partial charge on any atom is 0.415 e. The summed E-state index contributed by atoms with van der Waals surface area (Å²) >= 11 is 6.42. The molecule has 0 spiro atoms. The van der Waals surface area contributed by atoms with Crippen molar-refractivity contribution in [3.63, 3.8) is 0 Å². The third-order valence-electron chi connectivity index (χ3n) is 8.80. The van der Waals surface area contributed by atoms with E-state index in [4.69, 9.17) is 25.8 Å². The van der Waals surface area contributed by atoms with Crippen molar-refractivity contribution in [2.45, 2.75) is 95.0 Å². The zero-order valence-corrected chi connectivity index (χ0v) is 28.4. The largest absolute Gasteiger partial charge is 0.497 e. The molecule has 1 aromatic carbocycles. The standard InChI is InChI=1S/C33H40ClN5O10/c1-32(2,3)49-30(44)37-22-11-9-7-5-6-8-10-18-16-33(18,29(42)43)39(31(45)46)28(41)24-15-20(17-38(24)27(22)40)48-26-25(34)35-21-13-12-19(47-4)14-23(21)36-26/h8,10,12-14,18,20,22,24H,5-7,9,11,15-17H2,1-4H3,(H,37,44)(H,42,43)(H,45,46)/t18-,20-,22+,24+,33-/m1/s1. The average Bonchev–Trinajstić information content (AvgIpc) is 3.58. The number of benzene rings is 1. The molecule has 4 amide bonds. The second kappa shape index (κ2) is 14.1. The molecule has 3 aliphatic rings. The molecule has 1 aliphatic carbocycles. The first-order chi connectivity index (χ1) is 23.1. The molecule has 1 saturated heterocycles. The molecule has 1 aromatic heterocycles. The molecule has 49 heavy (non-hydrogen) atoms. The highest BCUT2D eigenvalue weighted by atomic mass is 35.5. The number of rotatable bonds is 5. The van der Waals surface area contributed by atoms with Gasteiger partial charge >= 0.3 is 18.2 Å². The number of amides is 4. The lowest BCUT2D eigenvalue weighted by molar-refractivity contribution is -0.154. The predicted molar refractivity (Wildman–Crippen MR) is 174 cm³/mol. The molecule has 264 valence electrons. The van der Waals surface area contributed by atoms with E-state index in [0.717, 1.165) is 4.90 Å². The molecule has 2 aliphatic heterocycles. The van der Waals surface area contributed by atoms with Gasteiger partial charge in [-0.15, -0.1) is 0 Å². The molecule has 16 heteroatoms. The van der Waals surface area contributed by atoms with Crippen molar-refractivity contribution in [1.29, 1.82) is 0 Å². The maximum atomic E-state index is 14.3.